The molecule has 0 radical (unpaired) electrons. The number of nitrogens with zero attached hydrogens (tertiary/aromatic N) is 2. The van der Waals surface area contributed by atoms with Crippen molar-refractivity contribution in [2.24, 2.45) is 0 Å². The second-order valence-electron chi connectivity index (χ2n) is 7.58. The predicted molar refractivity (Wildman–Crippen MR) is 130 cm³/mol. The summed E-state index contributed by atoms with van der Waals surface area (Å²) in [6, 6.07) is 13.4. The van der Waals surface area contributed by atoms with Crippen molar-refractivity contribution in [2.75, 3.05) is 13.2 Å². The van der Waals surface area contributed by atoms with Crippen LogP contribution in [0.1, 0.15) is 16.9 Å². The normalized spacial score (nSPS) is 14.8. The lowest BCUT2D eigenvalue weighted by Gasteiger charge is -2.14. The highest BCUT2D eigenvalue weighted by atomic mass is 35.5. The highest BCUT2D eigenvalue weighted by Gasteiger charge is 2.35. The van der Waals surface area contributed by atoms with E-state index in [-0.39, 0.29) is 34.0 Å². The van der Waals surface area contributed by atoms with Gasteiger partial charge in [0.25, 0.3) is 16.8 Å². The van der Waals surface area contributed by atoms with Gasteiger partial charge in [-0.05, 0) is 67.1 Å². The van der Waals surface area contributed by atoms with Gasteiger partial charge in [0.2, 0.25) is 0 Å². The highest BCUT2D eigenvalue weighted by molar-refractivity contribution is 8.18. The summed E-state index contributed by atoms with van der Waals surface area (Å²) in [4.78, 5) is 37.0. The molecule has 1 aliphatic rings. The Hall–Kier alpha value is -3.56. The van der Waals surface area contributed by atoms with Crippen LogP contribution in [-0.2, 0) is 4.79 Å². The number of amides is 2. The topological polar surface area (TPSA) is 103 Å². The summed E-state index contributed by atoms with van der Waals surface area (Å²) in [5.74, 6) is 0.990. The average molecular weight is 499 g/mol. The maximum absolute atomic E-state index is 12.7. The molecule has 1 fully saturated rings. The molecule has 2 heterocycles. The molecule has 0 unspecified atom stereocenters. The van der Waals surface area contributed by atoms with Gasteiger partial charge in [-0.1, -0.05) is 23.7 Å². The van der Waals surface area contributed by atoms with E-state index in [2.05, 4.69) is 0 Å². The molecule has 1 aromatic heterocycles. The first-order valence-electron chi connectivity index (χ1n) is 10.2. The molecule has 0 N–H and O–H groups in total. The van der Waals surface area contributed by atoms with Crippen LogP contribution in [0, 0.1) is 24.0 Å². The molecule has 4 rings (SSSR count). The second kappa shape index (κ2) is 9.74. The molecule has 10 heteroatoms. The van der Waals surface area contributed by atoms with E-state index in [1.165, 1.54) is 18.2 Å². The number of benzene rings is 2. The molecule has 34 heavy (non-hydrogen) atoms. The molecule has 3 aromatic rings. The molecule has 2 amide bonds. The third kappa shape index (κ3) is 5.00. The molecule has 1 aliphatic heterocycles. The summed E-state index contributed by atoms with van der Waals surface area (Å²) < 4.78 is 11.5. The van der Waals surface area contributed by atoms with Gasteiger partial charge in [0.15, 0.2) is 0 Å². The number of rotatable bonds is 7. The Morgan fingerprint density at radius 1 is 1.15 bits per heavy atom. The molecular weight excluding hydrogens is 480 g/mol. The number of carbonyl (C=O) groups is 2. The number of hydrogen-bond acceptors (Lipinski definition) is 7. The van der Waals surface area contributed by atoms with E-state index < -0.39 is 10.8 Å². The third-order valence-corrected chi connectivity index (χ3v) is 6.34. The van der Waals surface area contributed by atoms with Gasteiger partial charge in [-0.3, -0.25) is 24.6 Å². The maximum Gasteiger partial charge on any atom is 0.293 e. The molecule has 0 saturated carbocycles. The summed E-state index contributed by atoms with van der Waals surface area (Å²) in [6.45, 7) is 4.18. The van der Waals surface area contributed by atoms with Crippen LogP contribution in [0.15, 0.2) is 57.9 Å². The van der Waals surface area contributed by atoms with Gasteiger partial charge in [0.05, 0.1) is 16.4 Å². The number of thioether (sulfide) groups is 1. The molecule has 1 saturated heterocycles. The van der Waals surface area contributed by atoms with Gasteiger partial charge >= 0.3 is 0 Å². The summed E-state index contributed by atoms with van der Waals surface area (Å²) in [7, 11) is 0. The van der Waals surface area contributed by atoms with Crippen LogP contribution in [0.3, 0.4) is 0 Å². The monoisotopic (exact) mass is 498 g/mol. The number of nitro groups is 1. The van der Waals surface area contributed by atoms with Crippen molar-refractivity contribution in [3.63, 3.8) is 0 Å². The first-order valence-corrected chi connectivity index (χ1v) is 11.4. The van der Waals surface area contributed by atoms with Crippen LogP contribution >= 0.6 is 23.4 Å². The number of ether oxygens (including phenoxy) is 1. The Morgan fingerprint density at radius 3 is 2.71 bits per heavy atom. The minimum atomic E-state index is -0.574. The van der Waals surface area contributed by atoms with Crippen molar-refractivity contribution in [3.8, 4) is 17.1 Å². The lowest BCUT2D eigenvalue weighted by Crippen LogP contribution is -2.32. The number of aryl methyl sites for hydroxylation is 2. The predicted octanol–water partition coefficient (Wildman–Crippen LogP) is 6.24. The molecule has 174 valence electrons. The quantitative estimate of drug-likeness (QED) is 0.216. The summed E-state index contributed by atoms with van der Waals surface area (Å²) in [5.41, 5.74) is 2.26. The molecular formula is C24H19ClN2O6S. The maximum atomic E-state index is 12.7. The van der Waals surface area contributed by atoms with Crippen molar-refractivity contribution < 1.29 is 23.7 Å². The van der Waals surface area contributed by atoms with E-state index >= 15 is 0 Å². The van der Waals surface area contributed by atoms with Crippen molar-refractivity contribution in [3.05, 3.63) is 85.5 Å². The van der Waals surface area contributed by atoms with Gasteiger partial charge < -0.3 is 9.15 Å². The van der Waals surface area contributed by atoms with Crippen LogP contribution in [0.4, 0.5) is 10.5 Å². The fourth-order valence-corrected chi connectivity index (χ4v) is 4.35. The lowest BCUT2D eigenvalue weighted by atomic mass is 10.1. The SMILES string of the molecule is Cc1ccc(C)c(OCCN2C(=O)S/C(=C\c3ccc(-c4ccc(Cl)c([N+](=O)[O-])c4)o3)C2=O)c1. The zero-order valence-corrected chi connectivity index (χ0v) is 19.8. The van der Waals surface area contributed by atoms with Crippen molar-refractivity contribution in [1.82, 2.24) is 4.90 Å². The van der Waals surface area contributed by atoms with E-state index in [9.17, 15) is 19.7 Å². The summed E-state index contributed by atoms with van der Waals surface area (Å²) in [6.07, 6.45) is 1.48. The van der Waals surface area contributed by atoms with Crippen LogP contribution in [0.25, 0.3) is 17.4 Å². The lowest BCUT2D eigenvalue weighted by molar-refractivity contribution is -0.384. The minimum Gasteiger partial charge on any atom is -0.491 e. The van der Waals surface area contributed by atoms with E-state index in [0.717, 1.165) is 27.8 Å². The molecule has 0 bridgehead atoms. The van der Waals surface area contributed by atoms with Crippen LogP contribution < -0.4 is 4.74 Å². The fraction of sp³-hybridized carbons (Fsp3) is 0.167. The Morgan fingerprint density at radius 2 is 1.94 bits per heavy atom. The number of halogens is 1. The van der Waals surface area contributed by atoms with Crippen LogP contribution in [-0.4, -0.2) is 34.1 Å². The molecule has 8 nitrogen and oxygen atoms in total. The number of imide groups is 1. The average Bonchev–Trinajstić information content (AvgIpc) is 3.36. The zero-order chi connectivity index (χ0) is 24.4. The van der Waals surface area contributed by atoms with Gasteiger partial charge in [-0.25, -0.2) is 0 Å². The van der Waals surface area contributed by atoms with Gasteiger partial charge in [-0.15, -0.1) is 0 Å². The molecule has 0 spiro atoms. The number of hydrogen-bond donors (Lipinski definition) is 0. The zero-order valence-electron chi connectivity index (χ0n) is 18.2. The fourth-order valence-electron chi connectivity index (χ4n) is 3.32. The smallest absolute Gasteiger partial charge is 0.293 e. The van der Waals surface area contributed by atoms with Crippen molar-refractivity contribution in [2.45, 2.75) is 13.8 Å². The van der Waals surface area contributed by atoms with Crippen molar-refractivity contribution in [1.29, 1.82) is 0 Å². The Balaban J connectivity index is 1.44. The minimum absolute atomic E-state index is 0.0238. The number of nitro benzene ring substituents is 1. The Bertz CT molecular complexity index is 1330. The summed E-state index contributed by atoms with van der Waals surface area (Å²) >= 11 is 6.68. The van der Waals surface area contributed by atoms with Crippen LogP contribution in [0.5, 0.6) is 5.75 Å². The number of carbonyl (C=O) groups excluding carboxylic acids is 2. The Kier molecular flexibility index (Phi) is 6.76. The summed E-state index contributed by atoms with van der Waals surface area (Å²) in [5, 5.41) is 10.8. The van der Waals surface area contributed by atoms with Crippen LogP contribution in [0.2, 0.25) is 5.02 Å². The van der Waals surface area contributed by atoms with Crippen molar-refractivity contribution >= 4 is 46.3 Å². The first-order chi connectivity index (χ1) is 16.2. The molecule has 0 aliphatic carbocycles. The van der Waals surface area contributed by atoms with E-state index in [1.807, 2.05) is 32.0 Å². The largest absolute Gasteiger partial charge is 0.491 e. The van der Waals surface area contributed by atoms with Gasteiger partial charge in [0.1, 0.15) is 28.9 Å². The first kappa shape index (κ1) is 23.6. The standard InChI is InChI=1S/C24H19ClN2O6S/c1-14-3-4-15(2)21(11-14)32-10-9-26-23(28)22(34-24(26)29)13-17-6-8-20(33-17)16-5-7-18(25)19(12-16)27(30)31/h3-8,11-13H,9-10H2,1-2H3/b22-13-. The second-order valence-corrected chi connectivity index (χ2v) is 8.98. The molecule has 2 aromatic carbocycles. The number of furan rings is 1. The molecule has 0 atom stereocenters. The van der Waals surface area contributed by atoms with E-state index in [0.29, 0.717) is 22.8 Å². The van der Waals surface area contributed by atoms with Gasteiger partial charge in [0, 0.05) is 17.7 Å². The highest BCUT2D eigenvalue weighted by Crippen LogP contribution is 2.35. The van der Waals surface area contributed by atoms with E-state index in [4.69, 9.17) is 20.8 Å². The third-order valence-electron chi connectivity index (χ3n) is 5.12. The van der Waals surface area contributed by atoms with E-state index in [1.54, 1.807) is 18.2 Å². The van der Waals surface area contributed by atoms with Gasteiger partial charge in [-0.2, -0.15) is 0 Å². The Labute approximate surface area is 204 Å².